The molecule has 0 fully saturated rings. The van der Waals surface area contributed by atoms with Crippen molar-refractivity contribution in [1.29, 1.82) is 0 Å². The van der Waals surface area contributed by atoms with Crippen LogP contribution >= 0.6 is 0 Å². The Balaban J connectivity index is 2.45. The molecule has 0 bridgehead atoms. The largest absolute Gasteiger partial charge is 0.481 e. The smallest absolute Gasteiger partial charge is 0.311 e. The van der Waals surface area contributed by atoms with Crippen LogP contribution in [-0.4, -0.2) is 11.1 Å². The Labute approximate surface area is 99.9 Å². The molecule has 1 aliphatic rings. The molecule has 0 aliphatic heterocycles. The van der Waals surface area contributed by atoms with Gasteiger partial charge in [-0.2, -0.15) is 0 Å². The molecule has 2 aromatic rings. The molecule has 1 atom stereocenters. The highest BCUT2D eigenvalue weighted by molar-refractivity contribution is 5.98. The first-order valence-electron chi connectivity index (χ1n) is 5.78. The lowest BCUT2D eigenvalue weighted by Crippen LogP contribution is -2.28. The van der Waals surface area contributed by atoms with E-state index in [1.54, 1.807) is 0 Å². The standard InChI is InChI=1S/C15H14O2/c1-15(2)11-8-4-6-9-5-3-7-10(12(9)11)13(15)14(16)17/h3-8,13H,1-2H3,(H,16,17)/t13-/m1/s1. The molecule has 0 saturated heterocycles. The third-order valence-electron chi connectivity index (χ3n) is 3.91. The van der Waals surface area contributed by atoms with Crippen molar-refractivity contribution in [2.45, 2.75) is 25.2 Å². The molecule has 86 valence electrons. The highest BCUT2D eigenvalue weighted by Crippen LogP contribution is 2.50. The molecule has 0 aromatic heterocycles. The van der Waals surface area contributed by atoms with Gasteiger partial charge in [-0.25, -0.2) is 0 Å². The molecule has 2 nitrogen and oxygen atoms in total. The Bertz CT molecular complexity index is 621. The van der Waals surface area contributed by atoms with E-state index in [1.807, 2.05) is 44.2 Å². The fourth-order valence-electron chi connectivity index (χ4n) is 3.13. The van der Waals surface area contributed by atoms with E-state index in [-0.39, 0.29) is 5.41 Å². The van der Waals surface area contributed by atoms with Gasteiger partial charge in [0.25, 0.3) is 0 Å². The van der Waals surface area contributed by atoms with Gasteiger partial charge in [0.05, 0.1) is 5.92 Å². The molecule has 0 heterocycles. The first-order chi connectivity index (χ1) is 8.03. The van der Waals surface area contributed by atoms with Gasteiger partial charge in [-0.05, 0) is 21.9 Å². The molecule has 3 rings (SSSR count). The summed E-state index contributed by atoms with van der Waals surface area (Å²) in [6.45, 7) is 4.03. The summed E-state index contributed by atoms with van der Waals surface area (Å²) in [5.41, 5.74) is 1.77. The van der Waals surface area contributed by atoms with E-state index in [9.17, 15) is 9.90 Å². The van der Waals surface area contributed by atoms with Crippen LogP contribution in [0.3, 0.4) is 0 Å². The van der Waals surface area contributed by atoms with E-state index < -0.39 is 11.9 Å². The molecular weight excluding hydrogens is 212 g/mol. The van der Waals surface area contributed by atoms with E-state index in [0.717, 1.165) is 21.9 Å². The molecule has 0 spiro atoms. The van der Waals surface area contributed by atoms with Gasteiger partial charge in [0.15, 0.2) is 0 Å². The summed E-state index contributed by atoms with van der Waals surface area (Å²) in [5.74, 6) is -1.18. The highest BCUT2D eigenvalue weighted by atomic mass is 16.4. The topological polar surface area (TPSA) is 37.3 Å². The van der Waals surface area contributed by atoms with Crippen molar-refractivity contribution in [2.24, 2.45) is 0 Å². The second kappa shape index (κ2) is 3.10. The summed E-state index contributed by atoms with van der Waals surface area (Å²) in [7, 11) is 0. The van der Waals surface area contributed by atoms with Crippen molar-refractivity contribution < 1.29 is 9.90 Å². The second-order valence-corrected chi connectivity index (χ2v) is 5.24. The fourth-order valence-corrected chi connectivity index (χ4v) is 3.13. The summed E-state index contributed by atoms with van der Waals surface area (Å²) >= 11 is 0. The molecule has 1 N–H and O–H groups in total. The number of hydrogen-bond acceptors (Lipinski definition) is 1. The average molecular weight is 226 g/mol. The van der Waals surface area contributed by atoms with Crippen LogP contribution in [0.25, 0.3) is 10.8 Å². The number of carbonyl (C=O) groups is 1. The van der Waals surface area contributed by atoms with Crippen molar-refractivity contribution in [1.82, 2.24) is 0 Å². The molecule has 0 radical (unpaired) electrons. The minimum absolute atomic E-state index is 0.338. The third kappa shape index (κ3) is 1.18. The van der Waals surface area contributed by atoms with Gasteiger partial charge in [-0.15, -0.1) is 0 Å². The zero-order chi connectivity index (χ0) is 12.2. The van der Waals surface area contributed by atoms with Gasteiger partial charge in [0.1, 0.15) is 0 Å². The van der Waals surface area contributed by atoms with Crippen LogP contribution in [0.4, 0.5) is 0 Å². The Kier molecular flexibility index (Phi) is 1.88. The Morgan fingerprint density at radius 1 is 1.18 bits per heavy atom. The summed E-state index contributed by atoms with van der Waals surface area (Å²) in [6.07, 6.45) is 0. The second-order valence-electron chi connectivity index (χ2n) is 5.24. The van der Waals surface area contributed by atoms with E-state index in [1.165, 1.54) is 0 Å². The maximum Gasteiger partial charge on any atom is 0.311 e. The zero-order valence-corrected chi connectivity index (χ0v) is 9.90. The minimum atomic E-state index is -0.737. The summed E-state index contributed by atoms with van der Waals surface area (Å²) in [5, 5.41) is 11.7. The van der Waals surface area contributed by atoms with Crippen LogP contribution < -0.4 is 0 Å². The van der Waals surface area contributed by atoms with Gasteiger partial charge in [0.2, 0.25) is 0 Å². The molecule has 2 aromatic carbocycles. The Morgan fingerprint density at radius 2 is 1.82 bits per heavy atom. The van der Waals surface area contributed by atoms with Crippen molar-refractivity contribution in [3.63, 3.8) is 0 Å². The summed E-state index contributed by atoms with van der Waals surface area (Å²) < 4.78 is 0. The van der Waals surface area contributed by atoms with Crippen molar-refractivity contribution in [3.8, 4) is 0 Å². The van der Waals surface area contributed by atoms with E-state index >= 15 is 0 Å². The van der Waals surface area contributed by atoms with E-state index in [2.05, 4.69) is 6.07 Å². The predicted molar refractivity (Wildman–Crippen MR) is 67.4 cm³/mol. The van der Waals surface area contributed by atoms with Crippen LogP contribution in [0.5, 0.6) is 0 Å². The number of aliphatic carboxylic acids is 1. The predicted octanol–water partition coefficient (Wildman–Crippen LogP) is 3.30. The Morgan fingerprint density at radius 3 is 2.47 bits per heavy atom. The molecular formula is C15H14O2. The number of carboxylic acid groups (broad SMARTS) is 1. The monoisotopic (exact) mass is 226 g/mol. The maximum atomic E-state index is 11.5. The first kappa shape index (κ1) is 10.3. The van der Waals surface area contributed by atoms with Gasteiger partial charge in [0, 0.05) is 5.41 Å². The van der Waals surface area contributed by atoms with Crippen LogP contribution in [-0.2, 0) is 10.2 Å². The van der Waals surface area contributed by atoms with Gasteiger partial charge >= 0.3 is 5.97 Å². The normalized spacial score (nSPS) is 20.7. The molecule has 0 unspecified atom stereocenters. The zero-order valence-electron chi connectivity index (χ0n) is 9.90. The molecule has 2 heteroatoms. The highest BCUT2D eigenvalue weighted by Gasteiger charge is 2.44. The first-order valence-corrected chi connectivity index (χ1v) is 5.78. The van der Waals surface area contributed by atoms with Crippen molar-refractivity contribution >= 4 is 16.7 Å². The van der Waals surface area contributed by atoms with Gasteiger partial charge < -0.3 is 5.11 Å². The Hall–Kier alpha value is -1.83. The lowest BCUT2D eigenvalue weighted by atomic mass is 9.77. The fraction of sp³-hybridized carbons (Fsp3) is 0.267. The van der Waals surface area contributed by atoms with Gasteiger partial charge in [-0.3, -0.25) is 4.79 Å². The number of benzene rings is 2. The van der Waals surface area contributed by atoms with Gasteiger partial charge in [-0.1, -0.05) is 50.2 Å². The van der Waals surface area contributed by atoms with E-state index in [4.69, 9.17) is 0 Å². The number of hydrogen-bond donors (Lipinski definition) is 1. The average Bonchev–Trinajstić information content (AvgIpc) is 2.50. The van der Waals surface area contributed by atoms with Crippen molar-refractivity contribution in [3.05, 3.63) is 47.5 Å². The molecule has 0 saturated carbocycles. The number of carboxylic acids is 1. The maximum absolute atomic E-state index is 11.5. The third-order valence-corrected chi connectivity index (χ3v) is 3.91. The van der Waals surface area contributed by atoms with Crippen LogP contribution in [0.1, 0.15) is 30.9 Å². The minimum Gasteiger partial charge on any atom is -0.481 e. The molecule has 17 heavy (non-hydrogen) atoms. The van der Waals surface area contributed by atoms with Crippen LogP contribution in [0, 0.1) is 0 Å². The van der Waals surface area contributed by atoms with Crippen molar-refractivity contribution in [2.75, 3.05) is 0 Å². The lowest BCUT2D eigenvalue weighted by molar-refractivity contribution is -0.140. The summed E-state index contributed by atoms with van der Waals surface area (Å²) in [4.78, 5) is 11.5. The number of rotatable bonds is 1. The molecule has 1 aliphatic carbocycles. The lowest BCUT2D eigenvalue weighted by Gasteiger charge is -2.25. The van der Waals surface area contributed by atoms with E-state index in [0.29, 0.717) is 0 Å². The van der Waals surface area contributed by atoms with Crippen LogP contribution in [0.2, 0.25) is 0 Å². The summed E-state index contributed by atoms with van der Waals surface area (Å²) in [6, 6.07) is 12.0. The van der Waals surface area contributed by atoms with Crippen LogP contribution in [0.15, 0.2) is 36.4 Å². The quantitative estimate of drug-likeness (QED) is 0.810. The molecule has 0 amide bonds. The SMILES string of the molecule is CC1(C)c2cccc3cccc(c23)[C@@H]1C(=O)O.